The second kappa shape index (κ2) is 10.9. The fraction of sp³-hybridized carbons (Fsp3) is 0.320. The number of aryl methyl sites for hydroxylation is 1. The summed E-state index contributed by atoms with van der Waals surface area (Å²) in [7, 11) is 0. The first kappa shape index (κ1) is 24.7. The third-order valence-electron chi connectivity index (χ3n) is 6.05. The standard InChI is InChI=1S/C25H24ClF2N5O2/c1-15-29-14-19(25(35)31-13-16-5-6-22(26)30-12-16)24(32-15)17-7-9-33(10-8-17)23(34)11-18-20(27)3-2-4-21(18)28/h2-6,12,14,17H,7-11,13H2,1H3,(H,31,35). The van der Waals surface area contributed by atoms with E-state index in [1.165, 1.54) is 12.3 Å². The highest BCUT2D eigenvalue weighted by Crippen LogP contribution is 2.29. The first-order chi connectivity index (χ1) is 16.8. The molecule has 2 aromatic heterocycles. The monoisotopic (exact) mass is 499 g/mol. The number of carbonyl (C=O) groups excluding carboxylic acids is 2. The number of nitrogens with one attached hydrogen (secondary N) is 1. The Morgan fingerprint density at radius 3 is 2.46 bits per heavy atom. The van der Waals surface area contributed by atoms with Gasteiger partial charge in [-0.2, -0.15) is 0 Å². The Labute approximate surface area is 206 Å². The summed E-state index contributed by atoms with van der Waals surface area (Å²) in [6, 6.07) is 6.99. The Hall–Kier alpha value is -3.46. The molecule has 0 radical (unpaired) electrons. The number of hydrogen-bond acceptors (Lipinski definition) is 5. The molecule has 0 spiro atoms. The Morgan fingerprint density at radius 1 is 1.09 bits per heavy atom. The van der Waals surface area contributed by atoms with Crippen molar-refractivity contribution in [1.82, 2.24) is 25.2 Å². The van der Waals surface area contributed by atoms with Crippen molar-refractivity contribution in [3.8, 4) is 0 Å². The van der Waals surface area contributed by atoms with E-state index in [-0.39, 0.29) is 36.3 Å². The van der Waals surface area contributed by atoms with Crippen LogP contribution in [0.3, 0.4) is 0 Å². The van der Waals surface area contributed by atoms with Gasteiger partial charge in [0.25, 0.3) is 5.91 Å². The molecule has 3 aromatic rings. The molecule has 1 N–H and O–H groups in total. The lowest BCUT2D eigenvalue weighted by molar-refractivity contribution is -0.131. The van der Waals surface area contributed by atoms with Crippen LogP contribution in [0.15, 0.2) is 42.7 Å². The van der Waals surface area contributed by atoms with Crippen LogP contribution in [0.4, 0.5) is 8.78 Å². The van der Waals surface area contributed by atoms with Crippen LogP contribution in [0, 0.1) is 18.6 Å². The van der Waals surface area contributed by atoms with Gasteiger partial charge < -0.3 is 10.2 Å². The minimum atomic E-state index is -0.727. The summed E-state index contributed by atoms with van der Waals surface area (Å²) in [5.41, 5.74) is 1.60. The van der Waals surface area contributed by atoms with Crippen LogP contribution >= 0.6 is 11.6 Å². The molecule has 0 aliphatic carbocycles. The van der Waals surface area contributed by atoms with E-state index in [2.05, 4.69) is 20.3 Å². The fourth-order valence-electron chi connectivity index (χ4n) is 4.13. The third kappa shape index (κ3) is 5.97. The molecule has 10 heteroatoms. The van der Waals surface area contributed by atoms with Crippen molar-refractivity contribution in [2.75, 3.05) is 13.1 Å². The minimum Gasteiger partial charge on any atom is -0.348 e. The molecule has 1 aliphatic rings. The van der Waals surface area contributed by atoms with Crippen molar-refractivity contribution in [3.05, 3.63) is 87.7 Å². The van der Waals surface area contributed by atoms with E-state index in [0.29, 0.717) is 48.2 Å². The summed E-state index contributed by atoms with van der Waals surface area (Å²) < 4.78 is 27.9. The topological polar surface area (TPSA) is 88.1 Å². The van der Waals surface area contributed by atoms with Crippen LogP contribution in [0.1, 0.15) is 51.8 Å². The van der Waals surface area contributed by atoms with Gasteiger partial charge in [-0.25, -0.2) is 23.7 Å². The second-order valence-electron chi connectivity index (χ2n) is 8.42. The van der Waals surface area contributed by atoms with E-state index in [4.69, 9.17) is 11.6 Å². The first-order valence-electron chi connectivity index (χ1n) is 11.2. The smallest absolute Gasteiger partial charge is 0.254 e. The lowest BCUT2D eigenvalue weighted by atomic mass is 9.90. The summed E-state index contributed by atoms with van der Waals surface area (Å²) in [4.78, 5) is 39.9. The molecular weight excluding hydrogens is 476 g/mol. The maximum Gasteiger partial charge on any atom is 0.254 e. The summed E-state index contributed by atoms with van der Waals surface area (Å²) in [5.74, 6) is -1.59. The van der Waals surface area contributed by atoms with Crippen LogP contribution < -0.4 is 5.32 Å². The number of benzene rings is 1. The largest absolute Gasteiger partial charge is 0.348 e. The van der Waals surface area contributed by atoms with Crippen molar-refractivity contribution in [2.24, 2.45) is 0 Å². The number of pyridine rings is 1. The Morgan fingerprint density at radius 2 is 1.80 bits per heavy atom. The second-order valence-corrected chi connectivity index (χ2v) is 8.81. The van der Waals surface area contributed by atoms with E-state index in [1.54, 1.807) is 30.2 Å². The van der Waals surface area contributed by atoms with E-state index in [9.17, 15) is 18.4 Å². The number of aromatic nitrogens is 3. The maximum atomic E-state index is 13.9. The molecule has 1 aromatic carbocycles. The van der Waals surface area contributed by atoms with Gasteiger partial charge in [0.15, 0.2) is 0 Å². The zero-order valence-corrected chi connectivity index (χ0v) is 19.9. The number of piperidine rings is 1. The predicted octanol–water partition coefficient (Wildman–Crippen LogP) is 3.99. The SMILES string of the molecule is Cc1ncc(C(=O)NCc2ccc(Cl)nc2)c(C2CCN(C(=O)Cc3c(F)cccc3F)CC2)n1. The van der Waals surface area contributed by atoms with Gasteiger partial charge in [-0.15, -0.1) is 0 Å². The molecule has 2 amide bonds. The third-order valence-corrected chi connectivity index (χ3v) is 6.27. The molecule has 35 heavy (non-hydrogen) atoms. The summed E-state index contributed by atoms with van der Waals surface area (Å²) in [6.07, 6.45) is 3.93. The molecule has 1 fully saturated rings. The Balaban J connectivity index is 1.41. The molecule has 3 heterocycles. The Bertz CT molecular complexity index is 1210. The van der Waals surface area contributed by atoms with Gasteiger partial charge in [0.2, 0.25) is 5.91 Å². The van der Waals surface area contributed by atoms with Gasteiger partial charge in [-0.3, -0.25) is 9.59 Å². The quantitative estimate of drug-likeness (QED) is 0.518. The number of likely N-dealkylation sites (tertiary alicyclic amines) is 1. The predicted molar refractivity (Wildman–Crippen MR) is 126 cm³/mol. The normalized spacial score (nSPS) is 14.1. The highest BCUT2D eigenvalue weighted by atomic mass is 35.5. The van der Waals surface area contributed by atoms with Crippen molar-refractivity contribution in [1.29, 1.82) is 0 Å². The van der Waals surface area contributed by atoms with E-state index < -0.39 is 11.6 Å². The van der Waals surface area contributed by atoms with Gasteiger partial charge in [-0.1, -0.05) is 23.7 Å². The molecule has 0 atom stereocenters. The average Bonchev–Trinajstić information content (AvgIpc) is 2.86. The van der Waals surface area contributed by atoms with Crippen molar-refractivity contribution in [2.45, 2.75) is 38.6 Å². The van der Waals surface area contributed by atoms with Gasteiger partial charge in [0, 0.05) is 43.5 Å². The number of halogens is 3. The van der Waals surface area contributed by atoms with Gasteiger partial charge in [0.1, 0.15) is 22.6 Å². The first-order valence-corrected chi connectivity index (χ1v) is 11.6. The molecule has 1 saturated heterocycles. The van der Waals surface area contributed by atoms with Crippen LogP contribution in [-0.4, -0.2) is 44.8 Å². The number of amides is 2. The molecule has 1 aliphatic heterocycles. The highest BCUT2D eigenvalue weighted by molar-refractivity contribution is 6.29. The Kier molecular flexibility index (Phi) is 7.65. The fourth-order valence-corrected chi connectivity index (χ4v) is 4.24. The van der Waals surface area contributed by atoms with Crippen molar-refractivity contribution >= 4 is 23.4 Å². The number of rotatable bonds is 6. The minimum absolute atomic E-state index is 0.0519. The van der Waals surface area contributed by atoms with Crippen molar-refractivity contribution in [3.63, 3.8) is 0 Å². The molecule has 4 rings (SSSR count). The molecular formula is C25H24ClF2N5O2. The van der Waals surface area contributed by atoms with Crippen LogP contribution in [0.5, 0.6) is 0 Å². The average molecular weight is 500 g/mol. The lowest BCUT2D eigenvalue weighted by Crippen LogP contribution is -2.39. The number of carbonyl (C=O) groups is 2. The molecule has 7 nitrogen and oxygen atoms in total. The maximum absolute atomic E-state index is 13.9. The molecule has 0 bridgehead atoms. The zero-order chi connectivity index (χ0) is 24.9. The summed E-state index contributed by atoms with van der Waals surface area (Å²) in [5, 5.41) is 3.23. The zero-order valence-electron chi connectivity index (χ0n) is 19.1. The van der Waals surface area contributed by atoms with Crippen LogP contribution in [0.2, 0.25) is 5.15 Å². The summed E-state index contributed by atoms with van der Waals surface area (Å²) >= 11 is 5.80. The van der Waals surface area contributed by atoms with Gasteiger partial charge in [-0.05, 0) is 43.5 Å². The van der Waals surface area contributed by atoms with Crippen molar-refractivity contribution < 1.29 is 18.4 Å². The highest BCUT2D eigenvalue weighted by Gasteiger charge is 2.29. The molecule has 182 valence electrons. The van der Waals surface area contributed by atoms with E-state index in [0.717, 1.165) is 17.7 Å². The van der Waals surface area contributed by atoms with E-state index >= 15 is 0 Å². The van der Waals surface area contributed by atoms with Crippen LogP contribution in [0.25, 0.3) is 0 Å². The molecule has 0 saturated carbocycles. The number of hydrogen-bond donors (Lipinski definition) is 1. The lowest BCUT2D eigenvalue weighted by Gasteiger charge is -2.32. The van der Waals surface area contributed by atoms with Gasteiger partial charge in [0.05, 0.1) is 17.7 Å². The summed E-state index contributed by atoms with van der Waals surface area (Å²) in [6.45, 7) is 2.84. The number of nitrogens with zero attached hydrogens (tertiary/aromatic N) is 4. The van der Waals surface area contributed by atoms with Gasteiger partial charge >= 0.3 is 0 Å². The molecule has 0 unspecified atom stereocenters. The van der Waals surface area contributed by atoms with E-state index in [1.807, 2.05) is 0 Å². The van der Waals surface area contributed by atoms with Crippen LogP contribution in [-0.2, 0) is 17.8 Å².